The van der Waals surface area contributed by atoms with Crippen LogP contribution in [0, 0.1) is 6.92 Å². The second-order valence-electron chi connectivity index (χ2n) is 6.30. The van der Waals surface area contributed by atoms with Crippen molar-refractivity contribution < 1.29 is 4.42 Å². The van der Waals surface area contributed by atoms with Gasteiger partial charge in [0.05, 0.1) is 11.0 Å². The Hall–Kier alpha value is -2.89. The van der Waals surface area contributed by atoms with Gasteiger partial charge in [0, 0.05) is 16.7 Å². The zero-order valence-corrected chi connectivity index (χ0v) is 15.8. The Labute approximate surface area is 163 Å². The van der Waals surface area contributed by atoms with E-state index in [1.807, 2.05) is 61.5 Å². The molecule has 0 N–H and O–H groups in total. The first-order chi connectivity index (χ1) is 13.1. The number of fused-ring (bicyclic) bond motifs is 3. The molecular formula is C21H13ClN2O2S. The third-order valence-electron chi connectivity index (χ3n) is 4.49. The van der Waals surface area contributed by atoms with Crippen molar-refractivity contribution >= 4 is 45.0 Å². The van der Waals surface area contributed by atoms with Gasteiger partial charge >= 0.3 is 0 Å². The van der Waals surface area contributed by atoms with Crippen molar-refractivity contribution in [3.8, 4) is 11.3 Å². The number of imidazole rings is 1. The summed E-state index contributed by atoms with van der Waals surface area (Å²) in [4.78, 5) is 18.0. The van der Waals surface area contributed by atoms with Crippen molar-refractivity contribution in [1.29, 1.82) is 0 Å². The molecule has 3 aromatic heterocycles. The Bertz CT molecular complexity index is 1430. The first-order valence-corrected chi connectivity index (χ1v) is 9.58. The number of hydrogen-bond donors (Lipinski definition) is 0. The van der Waals surface area contributed by atoms with Gasteiger partial charge in [0.15, 0.2) is 4.96 Å². The van der Waals surface area contributed by atoms with Gasteiger partial charge in [-0.15, -0.1) is 0 Å². The highest BCUT2D eigenvalue weighted by Crippen LogP contribution is 2.26. The van der Waals surface area contributed by atoms with Gasteiger partial charge in [-0.3, -0.25) is 4.79 Å². The lowest BCUT2D eigenvalue weighted by molar-refractivity contribution is 0.571. The van der Waals surface area contributed by atoms with E-state index >= 15 is 0 Å². The molecule has 0 aliphatic heterocycles. The monoisotopic (exact) mass is 392 g/mol. The van der Waals surface area contributed by atoms with Crippen molar-refractivity contribution in [2.24, 2.45) is 0 Å². The highest BCUT2D eigenvalue weighted by atomic mass is 35.5. The standard InChI is InChI=1S/C21H13ClN2O2S/c1-12-10-13(6-8-15(12)22)18-9-7-14(26-18)11-19-20(25)24-17-5-3-2-4-16(17)23-21(24)27-19/h2-11H,1H3. The first kappa shape index (κ1) is 16.3. The first-order valence-electron chi connectivity index (χ1n) is 8.38. The van der Waals surface area contributed by atoms with Gasteiger partial charge in [0.2, 0.25) is 0 Å². The maximum Gasteiger partial charge on any atom is 0.275 e. The van der Waals surface area contributed by atoms with E-state index in [-0.39, 0.29) is 5.56 Å². The molecule has 0 spiro atoms. The van der Waals surface area contributed by atoms with E-state index in [0.29, 0.717) is 15.3 Å². The van der Waals surface area contributed by atoms with Crippen molar-refractivity contribution in [3.63, 3.8) is 0 Å². The molecule has 5 rings (SSSR count). The van der Waals surface area contributed by atoms with Crippen LogP contribution < -0.4 is 10.1 Å². The van der Waals surface area contributed by atoms with Crippen LogP contribution in [0.25, 0.3) is 33.4 Å². The topological polar surface area (TPSA) is 47.5 Å². The average molecular weight is 393 g/mol. The summed E-state index contributed by atoms with van der Waals surface area (Å²) < 4.78 is 8.17. The minimum atomic E-state index is -0.0796. The van der Waals surface area contributed by atoms with Crippen LogP contribution in [0.5, 0.6) is 0 Å². The number of furan rings is 1. The zero-order chi connectivity index (χ0) is 18.5. The number of benzene rings is 2. The Kier molecular flexibility index (Phi) is 3.67. The van der Waals surface area contributed by atoms with E-state index in [1.54, 1.807) is 10.5 Å². The molecule has 2 aromatic carbocycles. The number of aryl methyl sites for hydroxylation is 1. The predicted molar refractivity (Wildman–Crippen MR) is 110 cm³/mol. The SMILES string of the molecule is Cc1cc(-c2ccc(C=c3sc4nc5ccccc5n4c3=O)o2)ccc1Cl. The molecule has 4 nitrogen and oxygen atoms in total. The lowest BCUT2D eigenvalue weighted by Gasteiger charge is -2.00. The summed E-state index contributed by atoms with van der Waals surface area (Å²) in [5, 5.41) is 0.724. The van der Waals surface area contributed by atoms with Gasteiger partial charge < -0.3 is 4.42 Å². The van der Waals surface area contributed by atoms with E-state index in [1.165, 1.54) is 11.3 Å². The molecule has 0 saturated carbocycles. The fourth-order valence-corrected chi connectivity index (χ4v) is 4.21. The highest BCUT2D eigenvalue weighted by Gasteiger charge is 2.11. The zero-order valence-electron chi connectivity index (χ0n) is 14.3. The Morgan fingerprint density at radius 3 is 2.85 bits per heavy atom. The van der Waals surface area contributed by atoms with Gasteiger partial charge in [-0.05, 0) is 55.0 Å². The quantitative estimate of drug-likeness (QED) is 0.438. The molecule has 27 heavy (non-hydrogen) atoms. The summed E-state index contributed by atoms with van der Waals surface area (Å²) in [5.74, 6) is 1.36. The summed E-state index contributed by atoms with van der Waals surface area (Å²) in [5.41, 5.74) is 3.51. The maximum absolute atomic E-state index is 12.8. The smallest absolute Gasteiger partial charge is 0.275 e. The molecular weight excluding hydrogens is 380 g/mol. The van der Waals surface area contributed by atoms with Crippen LogP contribution in [0.4, 0.5) is 0 Å². The lowest BCUT2D eigenvalue weighted by atomic mass is 10.1. The molecule has 0 radical (unpaired) electrons. The number of thiazole rings is 1. The Balaban J connectivity index is 1.61. The van der Waals surface area contributed by atoms with E-state index in [2.05, 4.69) is 4.98 Å². The third-order valence-corrected chi connectivity index (χ3v) is 5.88. The summed E-state index contributed by atoms with van der Waals surface area (Å²) >= 11 is 7.45. The summed E-state index contributed by atoms with van der Waals surface area (Å²) in [6, 6.07) is 17.1. The second-order valence-corrected chi connectivity index (χ2v) is 7.72. The van der Waals surface area contributed by atoms with Gasteiger partial charge in [-0.2, -0.15) is 0 Å². The van der Waals surface area contributed by atoms with Crippen molar-refractivity contribution in [2.75, 3.05) is 0 Å². The predicted octanol–water partition coefficient (Wildman–Crippen LogP) is 4.68. The normalized spacial score (nSPS) is 12.4. The molecule has 0 unspecified atom stereocenters. The Morgan fingerprint density at radius 1 is 1.15 bits per heavy atom. The molecule has 0 atom stereocenters. The van der Waals surface area contributed by atoms with Gasteiger partial charge in [-0.1, -0.05) is 35.1 Å². The molecule has 0 bridgehead atoms. The molecule has 132 valence electrons. The molecule has 0 amide bonds. The van der Waals surface area contributed by atoms with Gasteiger partial charge in [0.1, 0.15) is 16.1 Å². The summed E-state index contributed by atoms with van der Waals surface area (Å²) in [6.45, 7) is 1.96. The number of rotatable bonds is 2. The van der Waals surface area contributed by atoms with Gasteiger partial charge in [0.25, 0.3) is 5.56 Å². The van der Waals surface area contributed by atoms with Crippen LogP contribution in [0.15, 0.2) is 63.8 Å². The molecule has 0 fully saturated rings. The Morgan fingerprint density at radius 2 is 2.00 bits per heavy atom. The third kappa shape index (κ3) is 2.67. The average Bonchev–Trinajstić information content (AvgIpc) is 3.34. The largest absolute Gasteiger partial charge is 0.457 e. The molecule has 5 aromatic rings. The fraction of sp³-hybridized carbons (Fsp3) is 0.0476. The minimum absolute atomic E-state index is 0.0796. The van der Waals surface area contributed by atoms with Crippen molar-refractivity contribution in [2.45, 2.75) is 6.92 Å². The number of para-hydroxylation sites is 2. The highest BCUT2D eigenvalue weighted by molar-refractivity contribution is 7.15. The van der Waals surface area contributed by atoms with Crippen LogP contribution in [0.3, 0.4) is 0 Å². The van der Waals surface area contributed by atoms with Gasteiger partial charge in [-0.25, -0.2) is 9.38 Å². The molecule has 0 saturated heterocycles. The van der Waals surface area contributed by atoms with E-state index < -0.39 is 0 Å². The maximum atomic E-state index is 12.8. The number of nitrogens with zero attached hydrogens (tertiary/aromatic N) is 2. The lowest BCUT2D eigenvalue weighted by Crippen LogP contribution is -2.22. The number of halogens is 1. The van der Waals surface area contributed by atoms with Crippen LogP contribution in [-0.4, -0.2) is 9.38 Å². The fourth-order valence-electron chi connectivity index (χ4n) is 3.12. The molecule has 0 aliphatic rings. The van der Waals surface area contributed by atoms with E-state index in [9.17, 15) is 4.79 Å². The minimum Gasteiger partial charge on any atom is -0.457 e. The van der Waals surface area contributed by atoms with E-state index in [4.69, 9.17) is 16.0 Å². The second kappa shape index (κ2) is 6.08. The van der Waals surface area contributed by atoms with E-state index in [0.717, 1.165) is 32.9 Å². The van der Waals surface area contributed by atoms with Crippen LogP contribution in [0.1, 0.15) is 11.3 Å². The van der Waals surface area contributed by atoms with Crippen molar-refractivity contribution in [1.82, 2.24) is 9.38 Å². The number of hydrogen-bond acceptors (Lipinski definition) is 4. The summed E-state index contributed by atoms with van der Waals surface area (Å²) in [7, 11) is 0. The molecule has 6 heteroatoms. The molecule has 0 aliphatic carbocycles. The van der Waals surface area contributed by atoms with Crippen molar-refractivity contribution in [3.05, 3.63) is 85.8 Å². The summed E-state index contributed by atoms with van der Waals surface area (Å²) in [6.07, 6.45) is 1.77. The van der Waals surface area contributed by atoms with Crippen LogP contribution in [-0.2, 0) is 0 Å². The van der Waals surface area contributed by atoms with Crippen LogP contribution >= 0.6 is 22.9 Å². The molecule has 3 heterocycles. The van der Waals surface area contributed by atoms with Crippen LogP contribution in [0.2, 0.25) is 5.02 Å². The number of aromatic nitrogens is 2.